The lowest BCUT2D eigenvalue weighted by atomic mass is 10.1. The van der Waals surface area contributed by atoms with Gasteiger partial charge in [-0.25, -0.2) is 4.79 Å². The number of benzene rings is 2. The summed E-state index contributed by atoms with van der Waals surface area (Å²) in [5.41, 5.74) is 3.00. The van der Waals surface area contributed by atoms with Crippen LogP contribution in [-0.2, 0) is 12.2 Å². The molecule has 0 aliphatic carbocycles. The molecule has 126 valence electrons. The van der Waals surface area contributed by atoms with Crippen molar-refractivity contribution in [2.24, 2.45) is 0 Å². The number of aromatic carboxylic acids is 1. The second-order valence-electron chi connectivity index (χ2n) is 5.35. The molecule has 5 heteroatoms. The zero-order valence-electron chi connectivity index (χ0n) is 13.6. The lowest BCUT2D eigenvalue weighted by Gasteiger charge is -2.07. The van der Waals surface area contributed by atoms with Crippen LogP contribution < -0.4 is 5.32 Å². The molecule has 0 aromatic heterocycles. The van der Waals surface area contributed by atoms with Crippen molar-refractivity contribution in [1.29, 1.82) is 0 Å². The minimum atomic E-state index is -0.942. The molecule has 0 radical (unpaired) electrons. The van der Waals surface area contributed by atoms with Gasteiger partial charge in [0.05, 0.1) is 5.56 Å². The molecule has 0 fully saturated rings. The summed E-state index contributed by atoms with van der Waals surface area (Å²) >= 11 is 1.85. The molecule has 0 heterocycles. The SMILES string of the molecule is CCSCc1ccc(C(=O)NCCc2cccc(C(=O)O)c2)cc1. The predicted octanol–water partition coefficient (Wildman–Crippen LogP) is 3.61. The van der Waals surface area contributed by atoms with Crippen molar-refractivity contribution in [3.8, 4) is 0 Å². The van der Waals surface area contributed by atoms with Gasteiger partial charge in [-0.15, -0.1) is 0 Å². The predicted molar refractivity (Wildman–Crippen MR) is 97.7 cm³/mol. The van der Waals surface area contributed by atoms with Crippen molar-refractivity contribution in [2.45, 2.75) is 19.1 Å². The minimum absolute atomic E-state index is 0.112. The van der Waals surface area contributed by atoms with Crippen molar-refractivity contribution in [3.05, 3.63) is 70.8 Å². The van der Waals surface area contributed by atoms with Crippen LogP contribution in [0, 0.1) is 0 Å². The van der Waals surface area contributed by atoms with Gasteiger partial charge < -0.3 is 10.4 Å². The second-order valence-corrected chi connectivity index (χ2v) is 6.62. The third-order valence-electron chi connectivity index (χ3n) is 3.56. The Morgan fingerprint density at radius 2 is 1.79 bits per heavy atom. The molecule has 2 aromatic rings. The molecule has 1 amide bonds. The zero-order chi connectivity index (χ0) is 17.4. The molecule has 0 aliphatic heterocycles. The quantitative estimate of drug-likeness (QED) is 0.768. The average Bonchev–Trinajstić information content (AvgIpc) is 2.60. The number of rotatable bonds is 8. The third-order valence-corrected chi connectivity index (χ3v) is 4.51. The highest BCUT2D eigenvalue weighted by Crippen LogP contribution is 2.12. The van der Waals surface area contributed by atoms with Crippen LogP contribution in [0.1, 0.15) is 38.8 Å². The number of thioether (sulfide) groups is 1. The molecule has 4 nitrogen and oxygen atoms in total. The van der Waals surface area contributed by atoms with Crippen LogP contribution in [0.3, 0.4) is 0 Å². The van der Waals surface area contributed by atoms with Crippen molar-refractivity contribution in [3.63, 3.8) is 0 Å². The molecule has 24 heavy (non-hydrogen) atoms. The van der Waals surface area contributed by atoms with Gasteiger partial charge in [0, 0.05) is 17.9 Å². The van der Waals surface area contributed by atoms with Gasteiger partial charge in [0.15, 0.2) is 0 Å². The maximum atomic E-state index is 12.1. The Kier molecular flexibility index (Phi) is 6.88. The number of carboxylic acid groups (broad SMARTS) is 1. The van der Waals surface area contributed by atoms with Crippen LogP contribution in [0.2, 0.25) is 0 Å². The normalized spacial score (nSPS) is 10.4. The summed E-state index contributed by atoms with van der Waals surface area (Å²) in [4.78, 5) is 23.1. The van der Waals surface area contributed by atoms with Crippen LogP contribution in [0.4, 0.5) is 0 Å². The van der Waals surface area contributed by atoms with E-state index in [2.05, 4.69) is 12.2 Å². The minimum Gasteiger partial charge on any atom is -0.478 e. The van der Waals surface area contributed by atoms with E-state index in [0.29, 0.717) is 18.5 Å². The van der Waals surface area contributed by atoms with Crippen molar-refractivity contribution in [1.82, 2.24) is 5.32 Å². The van der Waals surface area contributed by atoms with Crippen LogP contribution in [-0.4, -0.2) is 29.3 Å². The van der Waals surface area contributed by atoms with Gasteiger partial charge in [0.2, 0.25) is 0 Å². The Bertz CT molecular complexity index is 698. The van der Waals surface area contributed by atoms with Crippen LogP contribution >= 0.6 is 11.8 Å². The highest BCUT2D eigenvalue weighted by molar-refractivity contribution is 7.98. The Morgan fingerprint density at radius 1 is 1.04 bits per heavy atom. The van der Waals surface area contributed by atoms with Gasteiger partial charge in [-0.1, -0.05) is 31.2 Å². The molecule has 0 saturated carbocycles. The van der Waals surface area contributed by atoms with E-state index < -0.39 is 5.97 Å². The maximum absolute atomic E-state index is 12.1. The largest absolute Gasteiger partial charge is 0.478 e. The van der Waals surface area contributed by atoms with Gasteiger partial charge in [-0.2, -0.15) is 11.8 Å². The summed E-state index contributed by atoms with van der Waals surface area (Å²) in [6, 6.07) is 14.4. The van der Waals surface area contributed by atoms with Crippen molar-refractivity contribution >= 4 is 23.6 Å². The second kappa shape index (κ2) is 9.13. The molecule has 0 aliphatic rings. The Labute approximate surface area is 146 Å². The lowest BCUT2D eigenvalue weighted by Crippen LogP contribution is -2.25. The molecule has 0 unspecified atom stereocenters. The summed E-state index contributed by atoms with van der Waals surface area (Å²) in [6.07, 6.45) is 0.595. The van der Waals surface area contributed by atoms with E-state index in [-0.39, 0.29) is 11.5 Å². The fourth-order valence-electron chi connectivity index (χ4n) is 2.25. The number of nitrogens with one attached hydrogen (secondary N) is 1. The first-order valence-corrected chi connectivity index (χ1v) is 9.02. The fraction of sp³-hybridized carbons (Fsp3) is 0.263. The molecule has 0 saturated heterocycles. The number of carbonyl (C=O) groups excluding carboxylic acids is 1. The standard InChI is InChI=1S/C19H21NO3S/c1-2-24-13-15-6-8-16(9-7-15)18(21)20-11-10-14-4-3-5-17(12-14)19(22)23/h3-9,12H,2,10-11,13H2,1H3,(H,20,21)(H,22,23). The van der Waals surface area contributed by atoms with E-state index in [1.54, 1.807) is 18.2 Å². The van der Waals surface area contributed by atoms with Gasteiger partial charge in [0.1, 0.15) is 0 Å². The Morgan fingerprint density at radius 3 is 2.46 bits per heavy atom. The van der Waals surface area contributed by atoms with E-state index in [0.717, 1.165) is 17.1 Å². The molecule has 0 atom stereocenters. The molecule has 0 bridgehead atoms. The van der Waals surface area contributed by atoms with Crippen molar-refractivity contribution < 1.29 is 14.7 Å². The van der Waals surface area contributed by atoms with Crippen LogP contribution in [0.15, 0.2) is 48.5 Å². The number of carboxylic acids is 1. The Hall–Kier alpha value is -2.27. The highest BCUT2D eigenvalue weighted by Gasteiger charge is 2.06. The number of carbonyl (C=O) groups is 2. The summed E-state index contributed by atoms with van der Waals surface area (Å²) in [7, 11) is 0. The number of hydrogen-bond acceptors (Lipinski definition) is 3. The molecular formula is C19H21NO3S. The molecule has 2 N–H and O–H groups in total. The van der Waals surface area contributed by atoms with Gasteiger partial charge in [0.25, 0.3) is 5.91 Å². The van der Waals surface area contributed by atoms with Crippen LogP contribution in [0.5, 0.6) is 0 Å². The molecule has 0 spiro atoms. The zero-order valence-corrected chi connectivity index (χ0v) is 14.4. The number of hydrogen-bond donors (Lipinski definition) is 2. The first kappa shape index (κ1) is 18.1. The third kappa shape index (κ3) is 5.42. The van der Waals surface area contributed by atoms with Gasteiger partial charge >= 0.3 is 5.97 Å². The van der Waals surface area contributed by atoms with Gasteiger partial charge in [-0.3, -0.25) is 4.79 Å². The molecule has 2 rings (SSSR count). The summed E-state index contributed by atoms with van der Waals surface area (Å²) in [5, 5.41) is 11.8. The number of amides is 1. The lowest BCUT2D eigenvalue weighted by molar-refractivity contribution is 0.0696. The molecular weight excluding hydrogens is 322 g/mol. The molecule has 2 aromatic carbocycles. The average molecular weight is 343 g/mol. The summed E-state index contributed by atoms with van der Waals surface area (Å²) < 4.78 is 0. The van der Waals surface area contributed by atoms with Gasteiger partial charge in [-0.05, 0) is 47.6 Å². The highest BCUT2D eigenvalue weighted by atomic mass is 32.2. The van der Waals surface area contributed by atoms with Crippen LogP contribution in [0.25, 0.3) is 0 Å². The summed E-state index contributed by atoms with van der Waals surface area (Å²) in [5.74, 6) is 0.977. The smallest absolute Gasteiger partial charge is 0.335 e. The monoisotopic (exact) mass is 343 g/mol. The van der Waals surface area contributed by atoms with E-state index >= 15 is 0 Å². The first-order valence-electron chi connectivity index (χ1n) is 7.87. The van der Waals surface area contributed by atoms with E-state index in [4.69, 9.17) is 5.11 Å². The van der Waals surface area contributed by atoms with Crippen molar-refractivity contribution in [2.75, 3.05) is 12.3 Å². The Balaban J connectivity index is 1.84. The van der Waals surface area contributed by atoms with E-state index in [9.17, 15) is 9.59 Å². The fourth-order valence-corrected chi connectivity index (χ4v) is 2.89. The van der Waals surface area contributed by atoms with E-state index in [1.807, 2.05) is 42.1 Å². The summed E-state index contributed by atoms with van der Waals surface area (Å²) in [6.45, 7) is 2.59. The first-order chi connectivity index (χ1) is 11.6. The topological polar surface area (TPSA) is 66.4 Å². The van der Waals surface area contributed by atoms with E-state index in [1.165, 1.54) is 5.56 Å². The maximum Gasteiger partial charge on any atom is 0.335 e.